The average molecular weight is 260 g/mol. The lowest BCUT2D eigenvalue weighted by molar-refractivity contribution is -0.137. The first kappa shape index (κ1) is 11.3. The molecular weight excluding hydrogens is 248 g/mol. The van der Waals surface area contributed by atoms with E-state index in [-0.39, 0.29) is 11.2 Å². The van der Waals surface area contributed by atoms with Gasteiger partial charge in [0.2, 0.25) is 0 Å². The monoisotopic (exact) mass is 260 g/mol. The Bertz CT molecular complexity index is 553. The second kappa shape index (κ2) is 4.86. The second-order valence-corrected chi connectivity index (χ2v) is 5.15. The Morgan fingerprint density at radius 2 is 2.17 bits per heavy atom. The van der Waals surface area contributed by atoms with Gasteiger partial charge in [0.25, 0.3) is 0 Å². The Morgan fingerprint density at radius 3 is 2.89 bits per heavy atom. The van der Waals surface area contributed by atoms with Gasteiger partial charge in [0, 0.05) is 24.5 Å². The van der Waals surface area contributed by atoms with Crippen LogP contribution in [0.25, 0.3) is 5.69 Å². The summed E-state index contributed by atoms with van der Waals surface area (Å²) in [4.78, 5) is 15.8. The minimum absolute atomic E-state index is 0.130. The third-order valence-corrected chi connectivity index (χ3v) is 4.00. The maximum Gasteiger partial charge on any atom is 0.319 e. The third kappa shape index (κ3) is 2.13. The van der Waals surface area contributed by atoms with E-state index in [9.17, 15) is 4.79 Å². The average Bonchev–Trinajstić information content (AvgIpc) is 3.01. The number of aromatic nitrogens is 2. The Labute approximate surface area is 109 Å². The summed E-state index contributed by atoms with van der Waals surface area (Å²) in [6, 6.07) is 9.96. The molecule has 0 unspecified atom stereocenters. The molecule has 0 amide bonds. The van der Waals surface area contributed by atoms with Gasteiger partial charge in [-0.15, -0.1) is 0 Å². The van der Waals surface area contributed by atoms with Gasteiger partial charge in [-0.25, -0.2) is 4.98 Å². The summed E-state index contributed by atoms with van der Waals surface area (Å²) in [6.07, 6.45) is 4.40. The molecular formula is C13H12N2O2S. The SMILES string of the molecule is O=C1OCC[C@@H]1Sc1nccn1-c1ccccc1. The Balaban J connectivity index is 1.86. The number of hydrogen-bond acceptors (Lipinski definition) is 4. The molecule has 2 aromatic rings. The van der Waals surface area contributed by atoms with E-state index in [4.69, 9.17) is 4.74 Å². The van der Waals surface area contributed by atoms with Crippen LogP contribution >= 0.6 is 11.8 Å². The van der Waals surface area contributed by atoms with Crippen LogP contribution in [0, 0.1) is 0 Å². The fraction of sp³-hybridized carbons (Fsp3) is 0.231. The molecule has 0 saturated carbocycles. The Kier molecular flexibility index (Phi) is 3.06. The van der Waals surface area contributed by atoms with Crippen molar-refractivity contribution in [1.29, 1.82) is 0 Å². The van der Waals surface area contributed by atoms with Crippen LogP contribution in [0.5, 0.6) is 0 Å². The standard InChI is InChI=1S/C13H12N2O2S/c16-12-11(6-9-17-12)18-13-14-7-8-15(13)10-4-2-1-3-5-10/h1-5,7-8,11H,6,9H2/t11-/m0/s1. The summed E-state index contributed by atoms with van der Waals surface area (Å²) >= 11 is 1.46. The van der Waals surface area contributed by atoms with Crippen LogP contribution in [0.1, 0.15) is 6.42 Å². The van der Waals surface area contributed by atoms with Gasteiger partial charge in [-0.2, -0.15) is 0 Å². The van der Waals surface area contributed by atoms with Crippen LogP contribution in [-0.4, -0.2) is 27.4 Å². The molecule has 1 aliphatic rings. The highest BCUT2D eigenvalue weighted by Crippen LogP contribution is 2.29. The lowest BCUT2D eigenvalue weighted by Gasteiger charge is -2.08. The highest BCUT2D eigenvalue weighted by Gasteiger charge is 2.29. The molecule has 1 atom stereocenters. The molecule has 1 saturated heterocycles. The van der Waals surface area contributed by atoms with E-state index in [1.54, 1.807) is 6.20 Å². The summed E-state index contributed by atoms with van der Waals surface area (Å²) in [5, 5.41) is 0.694. The molecule has 3 rings (SSSR count). The van der Waals surface area contributed by atoms with E-state index in [0.29, 0.717) is 6.61 Å². The summed E-state index contributed by atoms with van der Waals surface area (Å²) < 4.78 is 6.95. The van der Waals surface area contributed by atoms with Gasteiger partial charge in [0.1, 0.15) is 5.25 Å². The lowest BCUT2D eigenvalue weighted by atomic mass is 10.3. The van der Waals surface area contributed by atoms with Gasteiger partial charge < -0.3 is 4.74 Å². The lowest BCUT2D eigenvalue weighted by Crippen LogP contribution is -2.10. The zero-order valence-corrected chi connectivity index (χ0v) is 10.5. The molecule has 1 aliphatic heterocycles. The number of benzene rings is 1. The summed E-state index contributed by atoms with van der Waals surface area (Å²) in [5.41, 5.74) is 1.05. The van der Waals surface area contributed by atoms with E-state index in [1.807, 2.05) is 41.1 Å². The van der Waals surface area contributed by atoms with Crippen molar-refractivity contribution in [1.82, 2.24) is 9.55 Å². The number of para-hydroxylation sites is 1. The van der Waals surface area contributed by atoms with Crippen molar-refractivity contribution in [3.8, 4) is 5.69 Å². The molecule has 4 nitrogen and oxygen atoms in total. The smallest absolute Gasteiger partial charge is 0.319 e. The first-order valence-electron chi connectivity index (χ1n) is 5.76. The van der Waals surface area contributed by atoms with Crippen molar-refractivity contribution in [2.75, 3.05) is 6.61 Å². The van der Waals surface area contributed by atoms with Gasteiger partial charge in [-0.05, 0) is 12.1 Å². The molecule has 0 radical (unpaired) electrons. The quantitative estimate of drug-likeness (QED) is 0.794. The first-order valence-corrected chi connectivity index (χ1v) is 6.64. The summed E-state index contributed by atoms with van der Waals surface area (Å²) in [5.74, 6) is -0.136. The van der Waals surface area contributed by atoms with E-state index < -0.39 is 0 Å². The van der Waals surface area contributed by atoms with Crippen molar-refractivity contribution in [3.05, 3.63) is 42.7 Å². The molecule has 1 fully saturated rings. The number of carbonyl (C=O) groups is 1. The number of carbonyl (C=O) groups excluding carboxylic acids is 1. The van der Waals surface area contributed by atoms with Gasteiger partial charge >= 0.3 is 5.97 Å². The van der Waals surface area contributed by atoms with Crippen molar-refractivity contribution in [3.63, 3.8) is 0 Å². The maximum absolute atomic E-state index is 11.5. The van der Waals surface area contributed by atoms with Gasteiger partial charge in [0.15, 0.2) is 5.16 Å². The number of nitrogens with zero attached hydrogens (tertiary/aromatic N) is 2. The van der Waals surface area contributed by atoms with Gasteiger partial charge in [0.05, 0.1) is 6.61 Å². The van der Waals surface area contributed by atoms with Crippen LogP contribution in [-0.2, 0) is 9.53 Å². The molecule has 1 aromatic heterocycles. The number of imidazole rings is 1. The van der Waals surface area contributed by atoms with Crippen LogP contribution in [0.15, 0.2) is 47.9 Å². The molecule has 0 aliphatic carbocycles. The van der Waals surface area contributed by atoms with E-state index >= 15 is 0 Å². The minimum atomic E-state index is -0.136. The number of ether oxygens (including phenoxy) is 1. The van der Waals surface area contributed by atoms with E-state index in [0.717, 1.165) is 17.3 Å². The van der Waals surface area contributed by atoms with Crippen LogP contribution < -0.4 is 0 Å². The normalized spacial score (nSPS) is 18.9. The highest BCUT2D eigenvalue weighted by molar-refractivity contribution is 8.00. The fourth-order valence-corrected chi connectivity index (χ4v) is 2.91. The van der Waals surface area contributed by atoms with Gasteiger partial charge in [-0.1, -0.05) is 30.0 Å². The number of thioether (sulfide) groups is 1. The number of esters is 1. The van der Waals surface area contributed by atoms with Crippen molar-refractivity contribution in [2.24, 2.45) is 0 Å². The molecule has 18 heavy (non-hydrogen) atoms. The fourth-order valence-electron chi connectivity index (χ4n) is 1.87. The van der Waals surface area contributed by atoms with Crippen LogP contribution in [0.4, 0.5) is 0 Å². The van der Waals surface area contributed by atoms with Crippen molar-refractivity contribution < 1.29 is 9.53 Å². The first-order chi connectivity index (χ1) is 8.84. The Hall–Kier alpha value is -1.75. The van der Waals surface area contributed by atoms with Crippen molar-refractivity contribution in [2.45, 2.75) is 16.8 Å². The Morgan fingerprint density at radius 1 is 1.33 bits per heavy atom. The number of rotatable bonds is 3. The second-order valence-electron chi connectivity index (χ2n) is 3.98. The van der Waals surface area contributed by atoms with Crippen LogP contribution in [0.3, 0.4) is 0 Å². The highest BCUT2D eigenvalue weighted by atomic mass is 32.2. The maximum atomic E-state index is 11.5. The van der Waals surface area contributed by atoms with E-state index in [1.165, 1.54) is 11.8 Å². The zero-order valence-electron chi connectivity index (χ0n) is 9.65. The predicted molar refractivity (Wildman–Crippen MR) is 68.8 cm³/mol. The molecule has 92 valence electrons. The molecule has 0 spiro atoms. The van der Waals surface area contributed by atoms with Crippen molar-refractivity contribution >= 4 is 17.7 Å². The van der Waals surface area contributed by atoms with E-state index in [2.05, 4.69) is 4.98 Å². The van der Waals surface area contributed by atoms with Gasteiger partial charge in [-0.3, -0.25) is 9.36 Å². The topological polar surface area (TPSA) is 44.1 Å². The number of cyclic esters (lactones) is 1. The molecule has 0 bridgehead atoms. The molecule has 5 heteroatoms. The molecule has 0 N–H and O–H groups in total. The van der Waals surface area contributed by atoms with Crippen LogP contribution in [0.2, 0.25) is 0 Å². The minimum Gasteiger partial charge on any atom is -0.465 e. The number of hydrogen-bond donors (Lipinski definition) is 0. The third-order valence-electron chi connectivity index (χ3n) is 2.78. The summed E-state index contributed by atoms with van der Waals surface area (Å²) in [6.45, 7) is 0.516. The molecule has 1 aromatic carbocycles. The predicted octanol–water partition coefficient (Wildman–Crippen LogP) is 2.28. The largest absolute Gasteiger partial charge is 0.465 e. The summed E-state index contributed by atoms with van der Waals surface area (Å²) in [7, 11) is 0. The molecule has 2 heterocycles. The zero-order chi connectivity index (χ0) is 12.4.